The van der Waals surface area contributed by atoms with Crippen LogP contribution in [-0.2, 0) is 16.2 Å². The van der Waals surface area contributed by atoms with Gasteiger partial charge in [0.1, 0.15) is 5.75 Å². The normalized spacial score (nSPS) is 19.5. The predicted octanol–water partition coefficient (Wildman–Crippen LogP) is 4.94. The maximum Gasteiger partial charge on any atom is 0.268 e. The van der Waals surface area contributed by atoms with Crippen molar-refractivity contribution in [3.63, 3.8) is 0 Å². The van der Waals surface area contributed by atoms with E-state index in [0.717, 1.165) is 16.8 Å². The highest BCUT2D eigenvalue weighted by Gasteiger charge is 2.59. The van der Waals surface area contributed by atoms with Gasteiger partial charge in [-0.05, 0) is 48.0 Å². The lowest BCUT2D eigenvalue weighted by Gasteiger charge is -2.33. The van der Waals surface area contributed by atoms with Crippen LogP contribution in [0.2, 0.25) is 5.02 Å². The number of halogens is 1. The van der Waals surface area contributed by atoms with Gasteiger partial charge in [0, 0.05) is 28.4 Å². The molecule has 7 heteroatoms. The molecule has 0 aliphatic carbocycles. The summed E-state index contributed by atoms with van der Waals surface area (Å²) in [4.78, 5) is 30.0. The lowest BCUT2D eigenvalue weighted by molar-refractivity contribution is -0.123. The van der Waals surface area contributed by atoms with Crippen LogP contribution in [0.4, 0.5) is 5.69 Å². The van der Waals surface area contributed by atoms with E-state index in [-0.39, 0.29) is 11.8 Å². The van der Waals surface area contributed by atoms with Gasteiger partial charge in [-0.25, -0.2) is 0 Å². The van der Waals surface area contributed by atoms with Crippen LogP contribution >= 0.6 is 23.4 Å². The molecule has 5 nitrogen and oxygen atoms in total. The highest BCUT2D eigenvalue weighted by molar-refractivity contribution is 8.01. The smallest absolute Gasteiger partial charge is 0.268 e. The fourth-order valence-corrected chi connectivity index (χ4v) is 5.97. The van der Waals surface area contributed by atoms with Crippen LogP contribution in [0.15, 0.2) is 72.8 Å². The molecule has 3 aromatic carbocycles. The highest BCUT2D eigenvalue weighted by atomic mass is 35.5. The van der Waals surface area contributed by atoms with Crippen molar-refractivity contribution in [2.24, 2.45) is 0 Å². The molecule has 0 saturated carbocycles. The van der Waals surface area contributed by atoms with Crippen LogP contribution in [0.25, 0.3) is 0 Å². The number of rotatable bonds is 4. The van der Waals surface area contributed by atoms with Crippen LogP contribution in [0.5, 0.6) is 5.75 Å². The molecule has 32 heavy (non-hydrogen) atoms. The average molecular weight is 465 g/mol. The monoisotopic (exact) mass is 464 g/mol. The van der Waals surface area contributed by atoms with E-state index in [9.17, 15) is 9.59 Å². The molecule has 0 radical (unpaired) electrons. The molecule has 0 bridgehead atoms. The maximum absolute atomic E-state index is 14.0. The van der Waals surface area contributed by atoms with E-state index in [0.29, 0.717) is 35.2 Å². The number of hydrogen-bond acceptors (Lipinski definition) is 4. The summed E-state index contributed by atoms with van der Waals surface area (Å²) in [6, 6.07) is 22.3. The number of hydrogen-bond donors (Lipinski definition) is 0. The Morgan fingerprint density at radius 1 is 1.09 bits per heavy atom. The molecule has 1 unspecified atom stereocenters. The van der Waals surface area contributed by atoms with E-state index in [1.807, 2.05) is 48.5 Å². The third-order valence-electron chi connectivity index (χ3n) is 5.92. The molecule has 162 valence electrons. The minimum Gasteiger partial charge on any atom is -0.497 e. The SMILES string of the molecule is COc1ccc2c(c1)C1(SCCN1C(=O)c1ccc(Cl)cc1)C(=O)N2Cc1ccccc1. The summed E-state index contributed by atoms with van der Waals surface area (Å²) in [5, 5.41) is 0.563. The van der Waals surface area contributed by atoms with E-state index in [1.54, 1.807) is 41.2 Å². The zero-order chi connectivity index (χ0) is 22.3. The molecule has 1 spiro atoms. The van der Waals surface area contributed by atoms with Gasteiger partial charge < -0.3 is 14.5 Å². The van der Waals surface area contributed by atoms with Gasteiger partial charge in [0.25, 0.3) is 11.8 Å². The van der Waals surface area contributed by atoms with Gasteiger partial charge >= 0.3 is 0 Å². The van der Waals surface area contributed by atoms with Crippen molar-refractivity contribution in [2.45, 2.75) is 11.4 Å². The Labute approximate surface area is 195 Å². The number of carbonyl (C=O) groups is 2. The number of ether oxygens (including phenoxy) is 1. The maximum atomic E-state index is 14.0. The summed E-state index contributed by atoms with van der Waals surface area (Å²) >= 11 is 7.52. The molecule has 0 N–H and O–H groups in total. The molecule has 1 fully saturated rings. The number of fused-ring (bicyclic) bond motifs is 2. The molecule has 0 aromatic heterocycles. The molecule has 2 aliphatic rings. The van der Waals surface area contributed by atoms with Crippen LogP contribution in [0.1, 0.15) is 21.5 Å². The Morgan fingerprint density at radius 3 is 2.56 bits per heavy atom. The number of methoxy groups -OCH3 is 1. The van der Waals surface area contributed by atoms with Crippen LogP contribution < -0.4 is 9.64 Å². The number of amides is 2. The van der Waals surface area contributed by atoms with Gasteiger partial charge in [0.05, 0.1) is 19.3 Å². The predicted molar refractivity (Wildman–Crippen MR) is 127 cm³/mol. The third kappa shape index (κ3) is 3.26. The van der Waals surface area contributed by atoms with Crippen LogP contribution in [-0.4, -0.2) is 36.1 Å². The molecule has 1 saturated heterocycles. The van der Waals surface area contributed by atoms with Crippen LogP contribution in [0.3, 0.4) is 0 Å². The van der Waals surface area contributed by atoms with Crippen molar-refractivity contribution < 1.29 is 14.3 Å². The first-order valence-electron chi connectivity index (χ1n) is 10.3. The topological polar surface area (TPSA) is 49.9 Å². The third-order valence-corrected chi connectivity index (χ3v) is 7.59. The fraction of sp³-hybridized carbons (Fsp3) is 0.200. The van der Waals surface area contributed by atoms with Crippen molar-refractivity contribution in [1.82, 2.24) is 4.90 Å². The number of anilines is 1. The summed E-state index contributed by atoms with van der Waals surface area (Å²) in [6.07, 6.45) is 0. The van der Waals surface area contributed by atoms with Gasteiger partial charge in [-0.3, -0.25) is 9.59 Å². The number of benzene rings is 3. The second kappa shape index (κ2) is 8.19. The quantitative estimate of drug-likeness (QED) is 0.549. The van der Waals surface area contributed by atoms with Gasteiger partial charge in [-0.15, -0.1) is 11.8 Å². The Kier molecular flexibility index (Phi) is 5.35. The first-order chi connectivity index (χ1) is 15.5. The minimum atomic E-state index is -1.12. The second-order valence-corrected chi connectivity index (χ2v) is 9.44. The van der Waals surface area contributed by atoms with E-state index in [4.69, 9.17) is 16.3 Å². The average Bonchev–Trinajstić information content (AvgIpc) is 3.36. The Morgan fingerprint density at radius 2 is 1.84 bits per heavy atom. The van der Waals surface area contributed by atoms with Crippen molar-refractivity contribution in [3.8, 4) is 5.75 Å². The molecular formula is C25H21ClN2O3S. The van der Waals surface area contributed by atoms with Gasteiger partial charge in [-0.2, -0.15) is 0 Å². The molecule has 1 atom stereocenters. The summed E-state index contributed by atoms with van der Waals surface area (Å²) in [7, 11) is 1.60. The van der Waals surface area contributed by atoms with Gasteiger partial charge in [0.2, 0.25) is 0 Å². The Hall–Kier alpha value is -2.96. The van der Waals surface area contributed by atoms with Gasteiger partial charge in [0.15, 0.2) is 4.87 Å². The van der Waals surface area contributed by atoms with Crippen molar-refractivity contribution >= 4 is 40.9 Å². The molecular weight excluding hydrogens is 444 g/mol. The summed E-state index contributed by atoms with van der Waals surface area (Å²) < 4.78 is 5.47. The fourth-order valence-electron chi connectivity index (χ4n) is 4.39. The molecule has 2 heterocycles. The first-order valence-corrected chi connectivity index (χ1v) is 11.7. The second-order valence-electron chi connectivity index (χ2n) is 7.72. The summed E-state index contributed by atoms with van der Waals surface area (Å²) in [5.74, 6) is 1.04. The van der Waals surface area contributed by atoms with Crippen molar-refractivity contribution in [3.05, 3.63) is 94.5 Å². The molecule has 2 amide bonds. The highest BCUT2D eigenvalue weighted by Crippen LogP contribution is 2.55. The van der Waals surface area contributed by atoms with Crippen molar-refractivity contribution in [2.75, 3.05) is 24.3 Å². The van der Waals surface area contributed by atoms with Crippen molar-refractivity contribution in [1.29, 1.82) is 0 Å². The number of nitrogens with zero attached hydrogens (tertiary/aromatic N) is 2. The minimum absolute atomic E-state index is 0.102. The standard InChI is InChI=1S/C25H21ClN2O3S/c1-31-20-11-12-22-21(15-20)25(24(30)27(22)16-17-5-3-2-4-6-17)28(13-14-32-25)23(29)18-7-9-19(26)10-8-18/h2-12,15H,13-14,16H2,1H3. The lowest BCUT2D eigenvalue weighted by Crippen LogP contribution is -2.50. The zero-order valence-electron chi connectivity index (χ0n) is 17.5. The Bertz CT molecular complexity index is 1190. The zero-order valence-corrected chi connectivity index (χ0v) is 19.0. The molecule has 2 aliphatic heterocycles. The van der Waals surface area contributed by atoms with E-state index < -0.39 is 4.87 Å². The van der Waals surface area contributed by atoms with E-state index >= 15 is 0 Å². The van der Waals surface area contributed by atoms with E-state index in [2.05, 4.69) is 0 Å². The van der Waals surface area contributed by atoms with Gasteiger partial charge in [-0.1, -0.05) is 41.9 Å². The van der Waals surface area contributed by atoms with Crippen LogP contribution in [0, 0.1) is 0 Å². The summed E-state index contributed by atoms with van der Waals surface area (Å²) in [6.45, 7) is 0.915. The lowest BCUT2D eigenvalue weighted by atomic mass is 10.0. The molecule has 5 rings (SSSR count). The number of carbonyl (C=O) groups excluding carboxylic acids is 2. The molecule has 3 aromatic rings. The first kappa shape index (κ1) is 20.9. The van der Waals surface area contributed by atoms with E-state index in [1.165, 1.54) is 11.8 Å². The number of thioether (sulfide) groups is 1. The largest absolute Gasteiger partial charge is 0.497 e. The summed E-state index contributed by atoms with van der Waals surface area (Å²) in [5.41, 5.74) is 3.14. The Balaban J connectivity index is 1.61.